The average Bonchev–Trinajstić information content (AvgIpc) is 3.27. The van der Waals surface area contributed by atoms with Crippen LogP contribution in [0.15, 0.2) is 120 Å². The fraction of sp³-hybridized carbons (Fsp3) is 0.118. The van der Waals surface area contributed by atoms with E-state index < -0.39 is 0 Å². The first-order valence-electron chi connectivity index (χ1n) is 12.6. The normalized spacial score (nSPS) is 14.6. The predicted molar refractivity (Wildman–Crippen MR) is 151 cm³/mol. The zero-order valence-electron chi connectivity index (χ0n) is 21.3. The summed E-state index contributed by atoms with van der Waals surface area (Å²) in [7, 11) is 0. The van der Waals surface area contributed by atoms with Crippen LogP contribution in [0.4, 0.5) is 0 Å². The number of rotatable bonds is 6. The van der Waals surface area contributed by atoms with Crippen LogP contribution < -0.4 is 5.32 Å². The Labute approximate surface area is 218 Å². The van der Waals surface area contributed by atoms with Crippen molar-refractivity contribution in [1.29, 1.82) is 0 Å². The second kappa shape index (κ2) is 10.2. The lowest BCUT2D eigenvalue weighted by Crippen LogP contribution is -2.18. The van der Waals surface area contributed by atoms with Gasteiger partial charge in [-0.25, -0.2) is 0 Å². The lowest BCUT2D eigenvalue weighted by molar-refractivity contribution is -0.117. The van der Waals surface area contributed by atoms with Crippen molar-refractivity contribution in [3.05, 3.63) is 131 Å². The monoisotopic (exact) mass is 483 g/mol. The first-order chi connectivity index (χ1) is 17.9. The summed E-state index contributed by atoms with van der Waals surface area (Å²) in [6.45, 7) is 5.65. The highest BCUT2D eigenvalue weighted by Crippen LogP contribution is 2.38. The Morgan fingerprint density at radius 3 is 1.51 bits per heavy atom. The topological polar surface area (TPSA) is 46.2 Å². The van der Waals surface area contributed by atoms with Crippen LogP contribution in [-0.4, -0.2) is 11.7 Å². The smallest absolute Gasteiger partial charge is 0.256 e. The highest BCUT2D eigenvalue weighted by atomic mass is 16.2. The Morgan fingerprint density at radius 2 is 1.05 bits per heavy atom. The molecule has 0 aliphatic carbocycles. The molecule has 0 radical (unpaired) electrons. The molecule has 3 nitrogen and oxygen atoms in total. The van der Waals surface area contributed by atoms with Crippen LogP contribution in [0.3, 0.4) is 0 Å². The Morgan fingerprint density at radius 1 is 0.622 bits per heavy atom. The fourth-order valence-corrected chi connectivity index (χ4v) is 5.00. The summed E-state index contributed by atoms with van der Waals surface area (Å²) in [4.78, 5) is 26.4. The number of carbonyl (C=O) groups is 2. The summed E-state index contributed by atoms with van der Waals surface area (Å²) in [6, 6.07) is 36.5. The molecule has 4 aromatic rings. The van der Waals surface area contributed by atoms with Gasteiger partial charge in [-0.15, -0.1) is 0 Å². The van der Waals surface area contributed by atoms with Crippen molar-refractivity contribution in [3.8, 4) is 22.3 Å². The van der Waals surface area contributed by atoms with E-state index in [1.54, 1.807) is 0 Å². The molecule has 0 unspecified atom stereocenters. The van der Waals surface area contributed by atoms with Crippen molar-refractivity contribution >= 4 is 23.0 Å². The minimum Gasteiger partial charge on any atom is -0.321 e. The molecule has 182 valence electrons. The maximum Gasteiger partial charge on any atom is 0.256 e. The summed E-state index contributed by atoms with van der Waals surface area (Å²) in [5, 5.41) is 3.02. The third kappa shape index (κ3) is 4.81. The zero-order chi connectivity index (χ0) is 25.9. The third-order valence-electron chi connectivity index (χ3n) is 6.75. The first kappa shape index (κ1) is 24.2. The average molecular weight is 484 g/mol. The highest BCUT2D eigenvalue weighted by Gasteiger charge is 2.34. The SMILES string of the molecule is CC(=O)C1=C(c2ccc(-c3ccccc3)cc2)NC(=O)/C1=C(\c1ccc(-c2ccccc2)cc1)C(C)C. The highest BCUT2D eigenvalue weighted by molar-refractivity contribution is 6.25. The number of nitrogens with one attached hydrogen (secondary N) is 1. The van der Waals surface area contributed by atoms with Gasteiger partial charge in [-0.2, -0.15) is 0 Å². The van der Waals surface area contributed by atoms with Gasteiger partial charge in [-0.1, -0.05) is 123 Å². The summed E-state index contributed by atoms with van der Waals surface area (Å²) < 4.78 is 0. The molecule has 0 aromatic heterocycles. The van der Waals surface area contributed by atoms with Gasteiger partial charge in [0.2, 0.25) is 0 Å². The van der Waals surface area contributed by atoms with Crippen molar-refractivity contribution in [3.63, 3.8) is 0 Å². The minimum atomic E-state index is -0.233. The Kier molecular flexibility index (Phi) is 6.70. The third-order valence-corrected chi connectivity index (χ3v) is 6.75. The van der Waals surface area contributed by atoms with Crippen LogP contribution in [0.1, 0.15) is 31.9 Å². The van der Waals surface area contributed by atoms with E-state index in [2.05, 4.69) is 55.6 Å². The molecule has 1 N–H and O–H groups in total. The van der Waals surface area contributed by atoms with E-state index in [1.807, 2.05) is 72.8 Å². The van der Waals surface area contributed by atoms with Gasteiger partial charge in [0.25, 0.3) is 5.91 Å². The lowest BCUT2D eigenvalue weighted by atomic mass is 9.85. The van der Waals surface area contributed by atoms with E-state index in [-0.39, 0.29) is 17.6 Å². The maximum atomic E-state index is 13.4. The second-order valence-corrected chi connectivity index (χ2v) is 9.59. The Hall–Kier alpha value is -4.50. The van der Waals surface area contributed by atoms with E-state index in [4.69, 9.17) is 0 Å². The number of hydrogen-bond donors (Lipinski definition) is 1. The van der Waals surface area contributed by atoms with E-state index in [0.717, 1.165) is 39.0 Å². The minimum absolute atomic E-state index is 0.0393. The number of ketones is 1. The summed E-state index contributed by atoms with van der Waals surface area (Å²) in [5.41, 5.74) is 8.57. The molecular formula is C34H29NO2. The van der Waals surface area contributed by atoms with Crippen LogP contribution >= 0.6 is 0 Å². The van der Waals surface area contributed by atoms with E-state index in [0.29, 0.717) is 16.8 Å². The molecule has 3 heteroatoms. The van der Waals surface area contributed by atoms with Crippen LogP contribution in [0, 0.1) is 5.92 Å². The maximum absolute atomic E-state index is 13.4. The molecule has 1 amide bonds. The molecule has 1 aliphatic rings. The summed E-state index contributed by atoms with van der Waals surface area (Å²) in [5.74, 6) is -0.324. The van der Waals surface area contributed by atoms with E-state index >= 15 is 0 Å². The molecule has 4 aromatic carbocycles. The molecule has 0 saturated carbocycles. The van der Waals surface area contributed by atoms with Gasteiger partial charge < -0.3 is 5.32 Å². The largest absolute Gasteiger partial charge is 0.321 e. The number of benzene rings is 4. The van der Waals surface area contributed by atoms with Gasteiger partial charge in [0.1, 0.15) is 0 Å². The van der Waals surface area contributed by atoms with E-state index in [1.165, 1.54) is 6.92 Å². The summed E-state index contributed by atoms with van der Waals surface area (Å²) >= 11 is 0. The molecule has 0 spiro atoms. The van der Waals surface area contributed by atoms with Crippen molar-refractivity contribution in [2.45, 2.75) is 20.8 Å². The van der Waals surface area contributed by atoms with Crippen LogP contribution in [-0.2, 0) is 9.59 Å². The fourth-order valence-electron chi connectivity index (χ4n) is 5.00. The molecule has 0 fully saturated rings. The van der Waals surface area contributed by atoms with Gasteiger partial charge in [0, 0.05) is 0 Å². The molecule has 0 atom stereocenters. The van der Waals surface area contributed by atoms with Crippen molar-refractivity contribution in [1.82, 2.24) is 5.32 Å². The van der Waals surface area contributed by atoms with Crippen molar-refractivity contribution in [2.24, 2.45) is 5.92 Å². The standard InChI is InChI=1S/C34H29NO2/c1-22(2)30(28-18-14-26(15-19-28)24-10-6-4-7-11-24)32-31(23(3)36)33(35-34(32)37)29-20-16-27(17-21-29)25-12-8-5-9-13-25/h4-22H,1-3H3,(H,35,37)/b32-30-. The Bertz CT molecular complexity index is 1510. The van der Waals surface area contributed by atoms with Gasteiger partial charge in [-0.05, 0) is 51.8 Å². The summed E-state index contributed by atoms with van der Waals surface area (Å²) in [6.07, 6.45) is 0. The second-order valence-electron chi connectivity index (χ2n) is 9.59. The van der Waals surface area contributed by atoms with Gasteiger partial charge in [-0.3, -0.25) is 9.59 Å². The van der Waals surface area contributed by atoms with Crippen LogP contribution in [0.5, 0.6) is 0 Å². The quantitative estimate of drug-likeness (QED) is 0.288. The number of Topliss-reactive ketones (excluding diaryl/α,β-unsaturated/α-hetero) is 1. The number of amides is 1. The molecule has 0 saturated heterocycles. The van der Waals surface area contributed by atoms with Crippen LogP contribution in [0.25, 0.3) is 33.5 Å². The molecule has 1 aliphatic heterocycles. The van der Waals surface area contributed by atoms with Crippen molar-refractivity contribution < 1.29 is 9.59 Å². The molecule has 37 heavy (non-hydrogen) atoms. The molecular weight excluding hydrogens is 454 g/mol. The van der Waals surface area contributed by atoms with Crippen molar-refractivity contribution in [2.75, 3.05) is 0 Å². The molecule has 0 bridgehead atoms. The predicted octanol–water partition coefficient (Wildman–Crippen LogP) is 7.56. The number of hydrogen-bond acceptors (Lipinski definition) is 2. The van der Waals surface area contributed by atoms with Gasteiger partial charge >= 0.3 is 0 Å². The lowest BCUT2D eigenvalue weighted by Gasteiger charge is -2.17. The van der Waals surface area contributed by atoms with Crippen LogP contribution in [0.2, 0.25) is 0 Å². The first-order valence-corrected chi connectivity index (χ1v) is 12.6. The van der Waals surface area contributed by atoms with E-state index in [9.17, 15) is 9.59 Å². The molecule has 1 heterocycles. The number of allylic oxidation sites excluding steroid dienone is 1. The van der Waals surface area contributed by atoms with Gasteiger partial charge in [0.05, 0.1) is 16.8 Å². The zero-order valence-corrected chi connectivity index (χ0v) is 21.3. The Balaban J connectivity index is 1.59. The van der Waals surface area contributed by atoms with Gasteiger partial charge in [0.15, 0.2) is 5.78 Å². The molecule has 5 rings (SSSR count). The number of carbonyl (C=O) groups excluding carboxylic acids is 2.